The topological polar surface area (TPSA) is 69.6 Å². The van der Waals surface area contributed by atoms with Gasteiger partial charge in [0.2, 0.25) is 5.91 Å². The largest absolute Gasteiger partial charge is 0.342 e. The van der Waals surface area contributed by atoms with E-state index in [9.17, 15) is 9.59 Å². The first-order valence-corrected chi connectivity index (χ1v) is 11.8. The van der Waals surface area contributed by atoms with Gasteiger partial charge in [-0.15, -0.1) is 0 Å². The van der Waals surface area contributed by atoms with Crippen molar-refractivity contribution in [1.29, 1.82) is 0 Å². The quantitative estimate of drug-likeness (QED) is 0.705. The molecule has 174 valence electrons. The monoisotopic (exact) mass is 447 g/mol. The number of carbonyl (C=O) groups excluding carboxylic acids is 2. The van der Waals surface area contributed by atoms with Gasteiger partial charge < -0.3 is 9.80 Å². The Balaban J connectivity index is 1.21. The summed E-state index contributed by atoms with van der Waals surface area (Å²) in [5.41, 5.74) is 4.29. The van der Waals surface area contributed by atoms with Crippen LogP contribution in [0.5, 0.6) is 0 Å². The SMILES string of the molecule is Cc1cccc(C)c1C=CC1CCN(C(=O)CN2CCN(C(=O)c3cnccn3)CC2)CC1. The highest BCUT2D eigenvalue weighted by Crippen LogP contribution is 2.22. The van der Waals surface area contributed by atoms with Gasteiger partial charge in [-0.2, -0.15) is 0 Å². The number of hydrogen-bond acceptors (Lipinski definition) is 5. The number of hydrogen-bond donors (Lipinski definition) is 0. The van der Waals surface area contributed by atoms with Crippen molar-refractivity contribution in [3.05, 3.63) is 65.2 Å². The molecule has 0 saturated carbocycles. The molecule has 2 aromatic rings. The Morgan fingerprint density at radius 2 is 1.67 bits per heavy atom. The second kappa shape index (κ2) is 10.7. The minimum Gasteiger partial charge on any atom is -0.342 e. The van der Waals surface area contributed by atoms with Crippen molar-refractivity contribution in [2.45, 2.75) is 26.7 Å². The van der Waals surface area contributed by atoms with Gasteiger partial charge >= 0.3 is 0 Å². The summed E-state index contributed by atoms with van der Waals surface area (Å²) in [6.07, 6.45) is 11.2. The number of nitrogens with zero attached hydrogens (tertiary/aromatic N) is 5. The summed E-state index contributed by atoms with van der Waals surface area (Å²) in [5, 5.41) is 0. The molecule has 2 saturated heterocycles. The van der Waals surface area contributed by atoms with Crippen LogP contribution < -0.4 is 0 Å². The smallest absolute Gasteiger partial charge is 0.274 e. The molecule has 0 N–H and O–H groups in total. The summed E-state index contributed by atoms with van der Waals surface area (Å²) in [7, 11) is 0. The molecule has 7 nitrogen and oxygen atoms in total. The van der Waals surface area contributed by atoms with Crippen molar-refractivity contribution in [3.8, 4) is 0 Å². The number of piperazine rings is 1. The van der Waals surface area contributed by atoms with Crippen molar-refractivity contribution >= 4 is 17.9 Å². The summed E-state index contributed by atoms with van der Waals surface area (Å²) < 4.78 is 0. The van der Waals surface area contributed by atoms with Crippen LogP contribution in [0.1, 0.15) is 40.0 Å². The summed E-state index contributed by atoms with van der Waals surface area (Å²) >= 11 is 0. The van der Waals surface area contributed by atoms with E-state index in [4.69, 9.17) is 0 Å². The molecule has 2 aliphatic heterocycles. The van der Waals surface area contributed by atoms with Crippen molar-refractivity contribution in [2.24, 2.45) is 5.92 Å². The molecule has 0 atom stereocenters. The molecule has 0 spiro atoms. The van der Waals surface area contributed by atoms with E-state index in [2.05, 4.69) is 59.1 Å². The van der Waals surface area contributed by atoms with Crippen LogP contribution in [-0.4, -0.2) is 82.3 Å². The number of rotatable bonds is 5. The minimum absolute atomic E-state index is 0.0925. The molecule has 3 heterocycles. The highest BCUT2D eigenvalue weighted by Gasteiger charge is 2.27. The first-order valence-electron chi connectivity index (χ1n) is 11.8. The lowest BCUT2D eigenvalue weighted by molar-refractivity contribution is -0.133. The number of carbonyl (C=O) groups is 2. The zero-order valence-corrected chi connectivity index (χ0v) is 19.6. The van der Waals surface area contributed by atoms with Gasteiger partial charge in [-0.25, -0.2) is 4.98 Å². The highest BCUT2D eigenvalue weighted by atomic mass is 16.2. The Hall–Kier alpha value is -3.06. The fourth-order valence-corrected chi connectivity index (χ4v) is 4.64. The van der Waals surface area contributed by atoms with Gasteiger partial charge in [-0.05, 0) is 49.3 Å². The van der Waals surface area contributed by atoms with Crippen LogP contribution in [-0.2, 0) is 4.79 Å². The van der Waals surface area contributed by atoms with Crippen LogP contribution in [0.15, 0.2) is 42.9 Å². The van der Waals surface area contributed by atoms with Gasteiger partial charge in [0, 0.05) is 51.7 Å². The van der Waals surface area contributed by atoms with Crippen LogP contribution in [0.25, 0.3) is 6.08 Å². The Kier molecular flexibility index (Phi) is 7.50. The van der Waals surface area contributed by atoms with Crippen LogP contribution >= 0.6 is 0 Å². The third-order valence-corrected chi connectivity index (χ3v) is 6.77. The van der Waals surface area contributed by atoms with Gasteiger partial charge in [-0.3, -0.25) is 19.5 Å². The summed E-state index contributed by atoms with van der Waals surface area (Å²) in [6, 6.07) is 6.40. The molecular weight excluding hydrogens is 414 g/mol. The second-order valence-corrected chi connectivity index (χ2v) is 9.04. The Labute approximate surface area is 196 Å². The van der Waals surface area contributed by atoms with E-state index in [-0.39, 0.29) is 11.8 Å². The lowest BCUT2D eigenvalue weighted by Crippen LogP contribution is -2.52. The average Bonchev–Trinajstić information content (AvgIpc) is 2.84. The third-order valence-electron chi connectivity index (χ3n) is 6.77. The van der Waals surface area contributed by atoms with E-state index < -0.39 is 0 Å². The molecule has 1 aromatic carbocycles. The molecule has 0 bridgehead atoms. The van der Waals surface area contributed by atoms with E-state index in [0.717, 1.165) is 25.9 Å². The zero-order chi connectivity index (χ0) is 23.2. The number of aromatic nitrogens is 2. The van der Waals surface area contributed by atoms with E-state index in [0.29, 0.717) is 44.3 Å². The molecule has 2 aliphatic rings. The summed E-state index contributed by atoms with van der Waals surface area (Å²) in [4.78, 5) is 39.4. The number of piperidine rings is 1. The van der Waals surface area contributed by atoms with Crippen LogP contribution in [0, 0.1) is 19.8 Å². The Morgan fingerprint density at radius 1 is 0.970 bits per heavy atom. The summed E-state index contributed by atoms with van der Waals surface area (Å²) in [5.74, 6) is 0.620. The second-order valence-electron chi connectivity index (χ2n) is 9.04. The van der Waals surface area contributed by atoms with Crippen molar-refractivity contribution < 1.29 is 9.59 Å². The van der Waals surface area contributed by atoms with Gasteiger partial charge in [0.15, 0.2) is 0 Å². The molecule has 4 rings (SSSR count). The van der Waals surface area contributed by atoms with Crippen LogP contribution in [0.2, 0.25) is 0 Å². The van der Waals surface area contributed by atoms with E-state index in [1.807, 2.05) is 4.90 Å². The number of allylic oxidation sites excluding steroid dienone is 1. The first kappa shape index (κ1) is 23.1. The van der Waals surface area contributed by atoms with Gasteiger partial charge in [0.05, 0.1) is 12.7 Å². The fraction of sp³-hybridized carbons (Fsp3) is 0.462. The Morgan fingerprint density at radius 3 is 2.30 bits per heavy atom. The first-order chi connectivity index (χ1) is 16.0. The lowest BCUT2D eigenvalue weighted by Gasteiger charge is -2.36. The number of likely N-dealkylation sites (tertiary alicyclic amines) is 1. The molecule has 2 fully saturated rings. The molecule has 2 amide bonds. The predicted molar refractivity (Wildman–Crippen MR) is 129 cm³/mol. The maximum Gasteiger partial charge on any atom is 0.274 e. The van der Waals surface area contributed by atoms with Gasteiger partial charge in [0.25, 0.3) is 5.91 Å². The fourth-order valence-electron chi connectivity index (χ4n) is 4.64. The number of amides is 2. The lowest BCUT2D eigenvalue weighted by atomic mass is 9.94. The molecule has 1 aromatic heterocycles. The molecule has 33 heavy (non-hydrogen) atoms. The van der Waals surface area contributed by atoms with Crippen LogP contribution in [0.4, 0.5) is 0 Å². The maximum absolute atomic E-state index is 12.8. The highest BCUT2D eigenvalue weighted by molar-refractivity contribution is 5.92. The predicted octanol–water partition coefficient (Wildman–Crippen LogP) is 2.80. The van der Waals surface area contributed by atoms with E-state index in [1.54, 1.807) is 11.1 Å². The molecular formula is C26H33N5O2. The van der Waals surface area contributed by atoms with Gasteiger partial charge in [-0.1, -0.05) is 30.4 Å². The molecule has 0 unspecified atom stereocenters. The molecule has 0 aliphatic carbocycles. The van der Waals surface area contributed by atoms with Gasteiger partial charge in [0.1, 0.15) is 5.69 Å². The number of benzene rings is 1. The third kappa shape index (κ3) is 5.85. The van der Waals surface area contributed by atoms with Crippen molar-refractivity contribution in [1.82, 2.24) is 24.7 Å². The normalized spacial score (nSPS) is 18.1. The van der Waals surface area contributed by atoms with Crippen molar-refractivity contribution in [2.75, 3.05) is 45.8 Å². The Bertz CT molecular complexity index is 971. The molecule has 0 radical (unpaired) electrons. The van der Waals surface area contributed by atoms with E-state index >= 15 is 0 Å². The standard InChI is InChI=1S/C26H33N5O2/c1-20-4-3-5-21(2)23(20)7-6-22-8-12-30(13-9-22)25(32)19-29-14-16-31(17-15-29)26(33)24-18-27-10-11-28-24/h3-7,10-11,18,22H,8-9,12-17,19H2,1-2H3. The van der Waals surface area contributed by atoms with Crippen molar-refractivity contribution in [3.63, 3.8) is 0 Å². The molecule has 7 heteroatoms. The average molecular weight is 448 g/mol. The number of aryl methyl sites for hydroxylation is 2. The van der Waals surface area contributed by atoms with Crippen LogP contribution in [0.3, 0.4) is 0 Å². The summed E-state index contributed by atoms with van der Waals surface area (Å²) in [6.45, 7) is 8.97. The zero-order valence-electron chi connectivity index (χ0n) is 19.6. The van der Waals surface area contributed by atoms with E-state index in [1.165, 1.54) is 29.1 Å². The minimum atomic E-state index is -0.0925. The maximum atomic E-state index is 12.8.